The fourth-order valence-corrected chi connectivity index (χ4v) is 28.2. The average Bonchev–Trinajstić information content (AvgIpc) is 3.21. The van der Waals surface area contributed by atoms with Crippen LogP contribution in [-0.4, -0.2) is 105 Å². The lowest BCUT2D eigenvalue weighted by Crippen LogP contribution is -2.61. The largest absolute Gasteiger partial charge is 0.504 e. The van der Waals surface area contributed by atoms with E-state index in [0.29, 0.717) is 21.7 Å². The lowest BCUT2D eigenvalue weighted by Gasteiger charge is -2.44. The molecule has 3 rings (SSSR count). The first-order valence-corrected chi connectivity index (χ1v) is 36.4. The standard InChI is InChI=1S/C47H71NO13Si5/c1-17-48(18-2)38-27-30-44(42(49)32-38)57-43-24-22-21-23-40(43)45(50)56-34-36(6)66(16,59-63(10,11)12)61-64(13,14)60-65(15,58-62(7,8)9)35(5)33-55-39-28-25-37(26-29-39)31-41(46(51)53-19-3)47(52)54-20-4/h21-32,49H,5-6,17-20,33-34H2,1-4,7-16H3. The number of nitrogens with zero attached hydrogens (tertiary/aromatic N) is 1. The minimum Gasteiger partial charge on any atom is -0.504 e. The third-order valence-corrected chi connectivity index (χ3v) is 27.5. The third kappa shape index (κ3) is 16.9. The molecule has 14 nitrogen and oxygen atoms in total. The van der Waals surface area contributed by atoms with Gasteiger partial charge in [0.05, 0.1) is 13.2 Å². The Morgan fingerprint density at radius 3 is 1.64 bits per heavy atom. The highest BCUT2D eigenvalue weighted by atomic mass is 28.5. The normalized spacial score (nSPS) is 13.6. The molecule has 362 valence electrons. The number of phenolic OH excluding ortho intramolecular Hbond substituents is 1. The number of para-hydroxylation sites is 1. The Balaban J connectivity index is 1.81. The SMILES string of the molecule is C=C(COC(=O)c1ccccc1Oc1ccc(N(CC)CC)cc1O)[Si](C)(O[Si](C)(C)C)O[Si](C)(C)O[Si](C)(O[Si](C)(C)C)C(=C)COc1ccc(C=C(C(=O)OCC)C(=O)OCC)cc1. The Hall–Kier alpha value is -4.59. The number of esters is 3. The van der Waals surface area contributed by atoms with Crippen LogP contribution in [0.1, 0.15) is 43.6 Å². The van der Waals surface area contributed by atoms with E-state index < -0.39 is 60.2 Å². The topological polar surface area (TPSA) is 158 Å². The zero-order valence-electron chi connectivity index (χ0n) is 41.4. The molecule has 0 aromatic heterocycles. The molecular weight excluding hydrogens is 927 g/mol. The molecule has 0 aliphatic rings. The van der Waals surface area contributed by atoms with Crippen molar-refractivity contribution in [2.75, 3.05) is 44.4 Å². The third-order valence-electron chi connectivity index (χ3n) is 9.54. The van der Waals surface area contributed by atoms with Crippen LogP contribution in [0.2, 0.25) is 65.5 Å². The molecule has 3 aromatic carbocycles. The lowest BCUT2D eigenvalue weighted by atomic mass is 10.1. The lowest BCUT2D eigenvalue weighted by molar-refractivity contribution is -0.146. The van der Waals surface area contributed by atoms with Gasteiger partial charge < -0.3 is 50.2 Å². The average molecular weight is 999 g/mol. The zero-order chi connectivity index (χ0) is 49.7. The number of hydrogen-bond acceptors (Lipinski definition) is 14. The van der Waals surface area contributed by atoms with E-state index in [-0.39, 0.29) is 54.8 Å². The van der Waals surface area contributed by atoms with Gasteiger partial charge in [0.15, 0.2) is 28.1 Å². The molecule has 0 bridgehead atoms. The molecular formula is C47H71NO13Si5. The van der Waals surface area contributed by atoms with Crippen molar-refractivity contribution in [3.05, 3.63) is 107 Å². The zero-order valence-corrected chi connectivity index (χ0v) is 46.4. The van der Waals surface area contributed by atoms with E-state index in [2.05, 4.69) is 57.3 Å². The Labute approximate surface area is 397 Å². The van der Waals surface area contributed by atoms with Crippen molar-refractivity contribution in [1.29, 1.82) is 0 Å². The number of aromatic hydroxyl groups is 1. The molecule has 0 aliphatic carbocycles. The van der Waals surface area contributed by atoms with Crippen molar-refractivity contribution < 1.29 is 59.6 Å². The highest BCUT2D eigenvalue weighted by molar-refractivity contribution is 6.94. The monoisotopic (exact) mass is 997 g/mol. The number of hydrogen-bond donors (Lipinski definition) is 1. The van der Waals surface area contributed by atoms with Crippen LogP contribution in [0, 0.1) is 0 Å². The van der Waals surface area contributed by atoms with Gasteiger partial charge in [-0.1, -0.05) is 37.4 Å². The minimum atomic E-state index is -3.39. The van der Waals surface area contributed by atoms with Crippen LogP contribution >= 0.6 is 0 Å². The number of carbonyl (C=O) groups excluding carboxylic acids is 3. The first kappa shape index (κ1) is 55.7. The smallest absolute Gasteiger partial charge is 0.348 e. The van der Waals surface area contributed by atoms with Gasteiger partial charge in [-0.3, -0.25) is 0 Å². The van der Waals surface area contributed by atoms with E-state index in [4.69, 9.17) is 40.1 Å². The summed E-state index contributed by atoms with van der Waals surface area (Å²) >= 11 is 0. The van der Waals surface area contributed by atoms with E-state index >= 15 is 0 Å². The van der Waals surface area contributed by atoms with E-state index in [0.717, 1.165) is 18.8 Å². The molecule has 0 radical (unpaired) electrons. The van der Waals surface area contributed by atoms with Gasteiger partial charge in [-0.05, 0) is 141 Å². The molecule has 66 heavy (non-hydrogen) atoms. The molecule has 0 amide bonds. The van der Waals surface area contributed by atoms with Gasteiger partial charge in [-0.15, -0.1) is 0 Å². The second-order valence-corrected chi connectivity index (χ2v) is 37.7. The molecule has 0 aliphatic heterocycles. The molecule has 2 atom stereocenters. The van der Waals surface area contributed by atoms with Crippen molar-refractivity contribution in [3.63, 3.8) is 0 Å². The summed E-state index contributed by atoms with van der Waals surface area (Å²) < 4.78 is 56.0. The summed E-state index contributed by atoms with van der Waals surface area (Å²) in [6.07, 6.45) is 1.42. The van der Waals surface area contributed by atoms with Crippen molar-refractivity contribution in [2.24, 2.45) is 0 Å². The fourth-order valence-electron chi connectivity index (χ4n) is 6.79. The van der Waals surface area contributed by atoms with E-state index in [9.17, 15) is 19.5 Å². The van der Waals surface area contributed by atoms with Gasteiger partial charge in [0.2, 0.25) is 0 Å². The van der Waals surface area contributed by atoms with Gasteiger partial charge in [0.25, 0.3) is 0 Å². The summed E-state index contributed by atoms with van der Waals surface area (Å²) in [6, 6.07) is 18.7. The summed E-state index contributed by atoms with van der Waals surface area (Å²) in [7, 11) is -14.4. The molecule has 0 heterocycles. The Bertz CT molecular complexity index is 2180. The summed E-state index contributed by atoms with van der Waals surface area (Å²) in [4.78, 5) is 40.8. The molecule has 2 unspecified atom stereocenters. The predicted octanol–water partition coefficient (Wildman–Crippen LogP) is 10.5. The molecule has 3 aromatic rings. The highest BCUT2D eigenvalue weighted by Gasteiger charge is 2.51. The Morgan fingerprint density at radius 1 is 0.636 bits per heavy atom. The van der Waals surface area contributed by atoms with Crippen LogP contribution in [0.3, 0.4) is 0 Å². The number of benzene rings is 3. The maximum Gasteiger partial charge on any atom is 0.348 e. The number of ether oxygens (including phenoxy) is 5. The van der Waals surface area contributed by atoms with Crippen LogP contribution in [0.5, 0.6) is 23.0 Å². The van der Waals surface area contributed by atoms with Gasteiger partial charge in [0, 0.05) is 35.2 Å². The molecule has 1 N–H and O–H groups in total. The number of rotatable bonds is 26. The summed E-state index contributed by atoms with van der Waals surface area (Å²) in [5.74, 6) is -1.30. The quantitative estimate of drug-likeness (QED) is 0.0202. The summed E-state index contributed by atoms with van der Waals surface area (Å²) in [5.41, 5.74) is 1.39. The van der Waals surface area contributed by atoms with Crippen molar-refractivity contribution in [3.8, 4) is 23.0 Å². The maximum absolute atomic E-state index is 13.7. The number of phenols is 1. The molecule has 0 spiro atoms. The van der Waals surface area contributed by atoms with Gasteiger partial charge >= 0.3 is 43.6 Å². The summed E-state index contributed by atoms with van der Waals surface area (Å²) in [6.45, 7) is 38.0. The first-order valence-electron chi connectivity index (χ1n) is 22.2. The minimum absolute atomic E-state index is 0.0566. The molecule has 0 saturated heterocycles. The molecule has 19 heteroatoms. The van der Waals surface area contributed by atoms with Gasteiger partial charge in [0.1, 0.15) is 35.8 Å². The van der Waals surface area contributed by atoms with Crippen LogP contribution in [-0.2, 0) is 40.3 Å². The number of anilines is 1. The van der Waals surface area contributed by atoms with Crippen molar-refractivity contribution in [2.45, 2.75) is 93.2 Å². The molecule has 0 saturated carbocycles. The Kier molecular flexibility index (Phi) is 20.2. The Morgan fingerprint density at radius 2 is 1.15 bits per heavy atom. The van der Waals surface area contributed by atoms with E-state index in [1.807, 2.05) is 46.1 Å². The van der Waals surface area contributed by atoms with Crippen LogP contribution in [0.15, 0.2) is 95.9 Å². The summed E-state index contributed by atoms with van der Waals surface area (Å²) in [5, 5.41) is 12.0. The van der Waals surface area contributed by atoms with E-state index in [1.54, 1.807) is 74.5 Å². The van der Waals surface area contributed by atoms with Gasteiger partial charge in [-0.25, -0.2) is 14.4 Å². The van der Waals surface area contributed by atoms with Crippen LogP contribution in [0.25, 0.3) is 6.08 Å². The van der Waals surface area contributed by atoms with Crippen molar-refractivity contribution in [1.82, 2.24) is 0 Å². The second-order valence-electron chi connectivity index (χ2n) is 18.0. The highest BCUT2D eigenvalue weighted by Crippen LogP contribution is 2.37. The van der Waals surface area contributed by atoms with Gasteiger partial charge in [-0.2, -0.15) is 0 Å². The van der Waals surface area contributed by atoms with Crippen LogP contribution < -0.4 is 14.4 Å². The first-order chi connectivity index (χ1) is 30.7. The van der Waals surface area contributed by atoms with Crippen molar-refractivity contribution >= 4 is 72.0 Å². The maximum atomic E-state index is 13.7. The number of carbonyl (C=O) groups is 3. The second kappa shape index (κ2) is 23.9. The van der Waals surface area contributed by atoms with Crippen LogP contribution in [0.4, 0.5) is 5.69 Å². The van der Waals surface area contributed by atoms with E-state index in [1.165, 1.54) is 6.08 Å². The fraction of sp³-hybridized carbons (Fsp3) is 0.426. The predicted molar refractivity (Wildman–Crippen MR) is 272 cm³/mol. The molecule has 0 fully saturated rings.